The molecule has 0 spiro atoms. The second-order valence-corrected chi connectivity index (χ2v) is 4.70. The van der Waals surface area contributed by atoms with Crippen LogP contribution in [0.3, 0.4) is 0 Å². The summed E-state index contributed by atoms with van der Waals surface area (Å²) in [5.41, 5.74) is 1.09. The van der Waals surface area contributed by atoms with E-state index in [2.05, 4.69) is 16.9 Å². The second-order valence-electron chi connectivity index (χ2n) is 4.70. The van der Waals surface area contributed by atoms with Crippen molar-refractivity contribution < 1.29 is 9.84 Å². The third-order valence-corrected chi connectivity index (χ3v) is 3.02. The summed E-state index contributed by atoms with van der Waals surface area (Å²) in [6.45, 7) is 4.03. The molecule has 0 aliphatic rings. The zero-order valence-corrected chi connectivity index (χ0v) is 12.3. The average Bonchev–Trinajstić information content (AvgIpc) is 2.54. The fourth-order valence-electron chi connectivity index (χ4n) is 2.02. The van der Waals surface area contributed by atoms with Crippen LogP contribution in [0.25, 0.3) is 0 Å². The van der Waals surface area contributed by atoms with Crippen molar-refractivity contribution in [1.82, 2.24) is 9.97 Å². The standard InChI is InChI=1S/C16H21N3O2/c1-2-8-19(9-10-20)15-11-17-12-16(18-15)21-13-14-6-4-3-5-7-14/h3-7,11-12,20H,2,8-10,13H2,1H3. The number of hydrogen-bond donors (Lipinski definition) is 1. The summed E-state index contributed by atoms with van der Waals surface area (Å²) in [7, 11) is 0. The third-order valence-electron chi connectivity index (χ3n) is 3.02. The van der Waals surface area contributed by atoms with E-state index >= 15 is 0 Å². The number of anilines is 1. The molecule has 0 aliphatic carbocycles. The van der Waals surface area contributed by atoms with Crippen molar-refractivity contribution in [2.45, 2.75) is 20.0 Å². The number of rotatable bonds is 8. The largest absolute Gasteiger partial charge is 0.472 e. The van der Waals surface area contributed by atoms with E-state index in [0.717, 1.165) is 24.3 Å². The van der Waals surface area contributed by atoms with Crippen molar-refractivity contribution in [3.05, 3.63) is 48.3 Å². The quantitative estimate of drug-likeness (QED) is 0.807. The summed E-state index contributed by atoms with van der Waals surface area (Å²) in [5.74, 6) is 1.23. The van der Waals surface area contributed by atoms with Gasteiger partial charge in [0.25, 0.3) is 0 Å². The lowest BCUT2D eigenvalue weighted by molar-refractivity contribution is 0.290. The summed E-state index contributed by atoms with van der Waals surface area (Å²) < 4.78 is 5.68. The monoisotopic (exact) mass is 287 g/mol. The van der Waals surface area contributed by atoms with Crippen molar-refractivity contribution in [3.63, 3.8) is 0 Å². The van der Waals surface area contributed by atoms with Crippen LogP contribution in [0, 0.1) is 0 Å². The van der Waals surface area contributed by atoms with Gasteiger partial charge in [0, 0.05) is 13.1 Å². The molecule has 0 amide bonds. The van der Waals surface area contributed by atoms with Crippen LogP contribution in [0.15, 0.2) is 42.7 Å². The van der Waals surface area contributed by atoms with Gasteiger partial charge < -0.3 is 14.7 Å². The minimum Gasteiger partial charge on any atom is -0.472 e. The van der Waals surface area contributed by atoms with Gasteiger partial charge >= 0.3 is 0 Å². The number of nitrogens with zero attached hydrogens (tertiary/aromatic N) is 3. The van der Waals surface area contributed by atoms with E-state index in [1.54, 1.807) is 12.4 Å². The minimum atomic E-state index is 0.0940. The predicted octanol–water partition coefficient (Wildman–Crippen LogP) is 2.26. The third kappa shape index (κ3) is 4.72. The summed E-state index contributed by atoms with van der Waals surface area (Å²) in [6, 6.07) is 9.94. The van der Waals surface area contributed by atoms with Crippen LogP contribution in [0.2, 0.25) is 0 Å². The van der Waals surface area contributed by atoms with Gasteiger partial charge in [-0.25, -0.2) is 0 Å². The average molecular weight is 287 g/mol. The molecule has 0 aliphatic heterocycles. The first kappa shape index (κ1) is 15.3. The summed E-state index contributed by atoms with van der Waals surface area (Å²) in [4.78, 5) is 10.6. The van der Waals surface area contributed by atoms with Crippen molar-refractivity contribution in [3.8, 4) is 5.88 Å². The van der Waals surface area contributed by atoms with Crippen molar-refractivity contribution in [2.24, 2.45) is 0 Å². The Morgan fingerprint density at radius 2 is 1.95 bits per heavy atom. The van der Waals surface area contributed by atoms with E-state index in [4.69, 9.17) is 9.84 Å². The van der Waals surface area contributed by atoms with Gasteiger partial charge in [-0.1, -0.05) is 37.3 Å². The number of benzene rings is 1. The topological polar surface area (TPSA) is 58.5 Å². The maximum absolute atomic E-state index is 9.12. The molecule has 0 bridgehead atoms. The van der Waals surface area contributed by atoms with Crippen LogP contribution in [0.1, 0.15) is 18.9 Å². The van der Waals surface area contributed by atoms with Gasteiger partial charge in [0.05, 0.1) is 19.0 Å². The highest BCUT2D eigenvalue weighted by molar-refractivity contribution is 5.37. The van der Waals surface area contributed by atoms with Gasteiger partial charge in [-0.3, -0.25) is 4.98 Å². The molecule has 0 saturated heterocycles. The Morgan fingerprint density at radius 1 is 1.14 bits per heavy atom. The molecule has 1 aromatic heterocycles. The molecular formula is C16H21N3O2. The lowest BCUT2D eigenvalue weighted by Crippen LogP contribution is -2.28. The molecule has 2 rings (SSSR count). The van der Waals surface area contributed by atoms with Crippen LogP contribution in [0.5, 0.6) is 5.88 Å². The van der Waals surface area contributed by atoms with E-state index in [1.165, 1.54) is 0 Å². The fourth-order valence-corrected chi connectivity index (χ4v) is 2.02. The number of hydrogen-bond acceptors (Lipinski definition) is 5. The van der Waals surface area contributed by atoms with Gasteiger partial charge in [0.2, 0.25) is 5.88 Å². The second kappa shape index (κ2) is 8.21. The molecule has 0 saturated carbocycles. The Hall–Kier alpha value is -2.14. The number of aromatic nitrogens is 2. The maximum atomic E-state index is 9.12. The molecule has 0 fully saturated rings. The zero-order valence-electron chi connectivity index (χ0n) is 12.3. The van der Waals surface area contributed by atoms with Gasteiger partial charge in [0.15, 0.2) is 5.82 Å². The Kier molecular flexibility index (Phi) is 5.97. The van der Waals surface area contributed by atoms with E-state index < -0.39 is 0 Å². The van der Waals surface area contributed by atoms with Crippen molar-refractivity contribution >= 4 is 5.82 Å². The van der Waals surface area contributed by atoms with E-state index in [0.29, 0.717) is 19.0 Å². The molecule has 2 aromatic rings. The van der Waals surface area contributed by atoms with Crippen molar-refractivity contribution in [1.29, 1.82) is 0 Å². The van der Waals surface area contributed by atoms with Crippen molar-refractivity contribution in [2.75, 3.05) is 24.6 Å². The molecule has 112 valence electrons. The molecule has 0 unspecified atom stereocenters. The van der Waals surface area contributed by atoms with Crippen LogP contribution >= 0.6 is 0 Å². The summed E-state index contributed by atoms with van der Waals surface area (Å²) in [5, 5.41) is 9.12. The summed E-state index contributed by atoms with van der Waals surface area (Å²) in [6.07, 6.45) is 4.28. The molecule has 1 aromatic carbocycles. The minimum absolute atomic E-state index is 0.0940. The molecular weight excluding hydrogens is 266 g/mol. The number of aliphatic hydroxyl groups excluding tert-OH is 1. The van der Waals surface area contributed by atoms with Gasteiger partial charge in [-0.2, -0.15) is 4.98 Å². The normalized spacial score (nSPS) is 10.4. The molecule has 5 heteroatoms. The Balaban J connectivity index is 2.02. The Labute approximate surface area is 125 Å². The highest BCUT2D eigenvalue weighted by atomic mass is 16.5. The van der Waals surface area contributed by atoms with E-state index in [-0.39, 0.29) is 6.61 Å². The molecule has 0 atom stereocenters. The van der Waals surface area contributed by atoms with Gasteiger partial charge in [0.1, 0.15) is 6.61 Å². The van der Waals surface area contributed by atoms with Gasteiger partial charge in [-0.15, -0.1) is 0 Å². The fraction of sp³-hybridized carbons (Fsp3) is 0.375. The first-order chi connectivity index (χ1) is 10.3. The van der Waals surface area contributed by atoms with E-state index in [1.807, 2.05) is 35.2 Å². The highest BCUT2D eigenvalue weighted by Crippen LogP contribution is 2.15. The van der Waals surface area contributed by atoms with Gasteiger partial charge in [-0.05, 0) is 12.0 Å². The lowest BCUT2D eigenvalue weighted by atomic mass is 10.2. The molecule has 1 heterocycles. The first-order valence-electron chi connectivity index (χ1n) is 7.18. The first-order valence-corrected chi connectivity index (χ1v) is 7.18. The predicted molar refractivity (Wildman–Crippen MR) is 82.4 cm³/mol. The Bertz CT molecular complexity index is 528. The SMILES string of the molecule is CCCN(CCO)c1cncc(OCc2ccccc2)n1. The Morgan fingerprint density at radius 3 is 2.67 bits per heavy atom. The number of ether oxygens (including phenoxy) is 1. The maximum Gasteiger partial charge on any atom is 0.234 e. The van der Waals surface area contributed by atoms with Crippen LogP contribution < -0.4 is 9.64 Å². The molecule has 0 radical (unpaired) electrons. The molecule has 5 nitrogen and oxygen atoms in total. The smallest absolute Gasteiger partial charge is 0.234 e. The number of aliphatic hydroxyl groups is 1. The van der Waals surface area contributed by atoms with Crippen LogP contribution in [-0.4, -0.2) is 34.8 Å². The summed E-state index contributed by atoms with van der Waals surface area (Å²) >= 11 is 0. The van der Waals surface area contributed by atoms with Crippen LogP contribution in [-0.2, 0) is 6.61 Å². The molecule has 1 N–H and O–H groups in total. The molecule has 21 heavy (non-hydrogen) atoms. The highest BCUT2D eigenvalue weighted by Gasteiger charge is 2.08. The van der Waals surface area contributed by atoms with Crippen LogP contribution in [0.4, 0.5) is 5.82 Å². The van der Waals surface area contributed by atoms with E-state index in [9.17, 15) is 0 Å². The zero-order chi connectivity index (χ0) is 14.9. The lowest BCUT2D eigenvalue weighted by Gasteiger charge is -2.21.